The number of thiophene rings is 1. The molecule has 0 atom stereocenters. The van der Waals surface area contributed by atoms with Crippen molar-refractivity contribution >= 4 is 33.8 Å². The third-order valence-corrected chi connectivity index (χ3v) is 4.79. The van der Waals surface area contributed by atoms with Crippen LogP contribution in [0.5, 0.6) is 0 Å². The first-order chi connectivity index (χ1) is 9.49. The highest BCUT2D eigenvalue weighted by atomic mass is 32.1. The summed E-state index contributed by atoms with van der Waals surface area (Å²) < 4.78 is 4.58. The van der Waals surface area contributed by atoms with E-state index in [-0.39, 0.29) is 5.56 Å². The third-order valence-electron chi connectivity index (χ3n) is 3.57. The number of H-pyrrole nitrogens is 1. The molecular formula is C13H14N4OS2. The Bertz CT molecular complexity index is 913. The molecule has 0 aliphatic carbocycles. The molecule has 0 radical (unpaired) electrons. The van der Waals surface area contributed by atoms with E-state index in [2.05, 4.69) is 10.1 Å². The molecule has 0 aliphatic heterocycles. The molecule has 0 saturated carbocycles. The second kappa shape index (κ2) is 4.68. The zero-order valence-corrected chi connectivity index (χ0v) is 13.1. The Balaban J connectivity index is 2.20. The molecule has 0 aromatic carbocycles. The van der Waals surface area contributed by atoms with Gasteiger partial charge in [0.25, 0.3) is 5.56 Å². The smallest absolute Gasteiger partial charge is 0.272 e. The van der Waals surface area contributed by atoms with Crippen LogP contribution in [-0.4, -0.2) is 19.3 Å². The van der Waals surface area contributed by atoms with Crippen LogP contribution in [0.4, 0.5) is 0 Å². The maximum absolute atomic E-state index is 12.5. The summed E-state index contributed by atoms with van der Waals surface area (Å²) in [7, 11) is 1.90. The SMILES string of the molecule is Cc1nn(C)c(C)c1Cn1c(=S)[nH]c2ccsc2c1=O. The highest BCUT2D eigenvalue weighted by molar-refractivity contribution is 7.71. The van der Waals surface area contributed by atoms with Crippen LogP contribution in [0.2, 0.25) is 0 Å². The van der Waals surface area contributed by atoms with Crippen molar-refractivity contribution in [2.24, 2.45) is 7.05 Å². The van der Waals surface area contributed by atoms with E-state index >= 15 is 0 Å². The van der Waals surface area contributed by atoms with Crippen molar-refractivity contribution in [2.75, 3.05) is 0 Å². The lowest BCUT2D eigenvalue weighted by Gasteiger charge is -2.07. The van der Waals surface area contributed by atoms with E-state index in [1.54, 1.807) is 4.57 Å². The molecule has 3 rings (SSSR count). The van der Waals surface area contributed by atoms with E-state index in [0.29, 0.717) is 16.0 Å². The molecule has 0 bridgehead atoms. The third kappa shape index (κ3) is 1.94. The second-order valence-electron chi connectivity index (χ2n) is 4.76. The van der Waals surface area contributed by atoms with Gasteiger partial charge < -0.3 is 4.98 Å². The predicted molar refractivity (Wildman–Crippen MR) is 83.1 cm³/mol. The topological polar surface area (TPSA) is 55.6 Å². The molecule has 7 heteroatoms. The van der Waals surface area contributed by atoms with Gasteiger partial charge in [-0.25, -0.2) is 0 Å². The molecule has 0 unspecified atom stereocenters. The van der Waals surface area contributed by atoms with Gasteiger partial charge in [0.2, 0.25) is 0 Å². The monoisotopic (exact) mass is 306 g/mol. The van der Waals surface area contributed by atoms with Crippen molar-refractivity contribution in [3.8, 4) is 0 Å². The number of hydrogen-bond donors (Lipinski definition) is 1. The van der Waals surface area contributed by atoms with Crippen molar-refractivity contribution in [1.29, 1.82) is 0 Å². The van der Waals surface area contributed by atoms with E-state index < -0.39 is 0 Å². The zero-order valence-electron chi connectivity index (χ0n) is 11.4. The van der Waals surface area contributed by atoms with E-state index in [1.165, 1.54) is 11.3 Å². The van der Waals surface area contributed by atoms with Gasteiger partial charge >= 0.3 is 0 Å². The molecule has 0 aliphatic rings. The molecule has 0 fully saturated rings. The van der Waals surface area contributed by atoms with Crippen LogP contribution in [0.25, 0.3) is 10.2 Å². The average molecular weight is 306 g/mol. The van der Waals surface area contributed by atoms with Gasteiger partial charge in [-0.05, 0) is 37.5 Å². The van der Waals surface area contributed by atoms with Gasteiger partial charge in [-0.15, -0.1) is 11.3 Å². The fourth-order valence-corrected chi connectivity index (χ4v) is 3.37. The van der Waals surface area contributed by atoms with Crippen LogP contribution in [0.15, 0.2) is 16.2 Å². The van der Waals surface area contributed by atoms with Gasteiger partial charge in [0.15, 0.2) is 4.77 Å². The summed E-state index contributed by atoms with van der Waals surface area (Å²) >= 11 is 6.74. The fourth-order valence-electron chi connectivity index (χ4n) is 2.32. The molecule has 20 heavy (non-hydrogen) atoms. The molecule has 3 heterocycles. The van der Waals surface area contributed by atoms with Crippen LogP contribution in [0, 0.1) is 18.6 Å². The van der Waals surface area contributed by atoms with Gasteiger partial charge in [-0.3, -0.25) is 14.0 Å². The largest absolute Gasteiger partial charge is 0.331 e. The highest BCUT2D eigenvalue weighted by Gasteiger charge is 2.13. The summed E-state index contributed by atoms with van der Waals surface area (Å²) in [5.41, 5.74) is 3.79. The van der Waals surface area contributed by atoms with E-state index in [1.807, 2.05) is 37.0 Å². The summed E-state index contributed by atoms with van der Waals surface area (Å²) in [6.07, 6.45) is 0. The number of hydrogen-bond acceptors (Lipinski definition) is 4. The lowest BCUT2D eigenvalue weighted by molar-refractivity contribution is 0.715. The van der Waals surface area contributed by atoms with Crippen molar-refractivity contribution in [2.45, 2.75) is 20.4 Å². The molecular weight excluding hydrogens is 292 g/mol. The van der Waals surface area contributed by atoms with Crippen LogP contribution in [-0.2, 0) is 13.6 Å². The average Bonchev–Trinajstić information content (AvgIpc) is 2.93. The van der Waals surface area contributed by atoms with Crippen LogP contribution in [0.3, 0.4) is 0 Å². The second-order valence-corrected chi connectivity index (χ2v) is 6.06. The summed E-state index contributed by atoms with van der Waals surface area (Å²) in [4.78, 5) is 15.6. The summed E-state index contributed by atoms with van der Waals surface area (Å²) in [5, 5.41) is 6.27. The maximum atomic E-state index is 12.5. The van der Waals surface area contributed by atoms with Crippen molar-refractivity contribution in [3.63, 3.8) is 0 Å². The minimum atomic E-state index is -0.0404. The van der Waals surface area contributed by atoms with E-state index in [4.69, 9.17) is 12.2 Å². The maximum Gasteiger partial charge on any atom is 0.272 e. The molecule has 3 aromatic heterocycles. The van der Waals surface area contributed by atoms with E-state index in [0.717, 1.165) is 22.5 Å². The Kier molecular flexibility index (Phi) is 3.10. The molecule has 0 spiro atoms. The van der Waals surface area contributed by atoms with Gasteiger partial charge in [0, 0.05) is 18.3 Å². The zero-order chi connectivity index (χ0) is 14.4. The number of rotatable bonds is 2. The van der Waals surface area contributed by atoms with Crippen LogP contribution in [0.1, 0.15) is 17.0 Å². The van der Waals surface area contributed by atoms with Crippen molar-refractivity contribution in [1.82, 2.24) is 19.3 Å². The van der Waals surface area contributed by atoms with Crippen LogP contribution < -0.4 is 5.56 Å². The minimum absolute atomic E-state index is 0.0404. The summed E-state index contributed by atoms with van der Waals surface area (Å²) in [6, 6.07) is 1.88. The number of aromatic nitrogens is 4. The molecule has 0 saturated heterocycles. The van der Waals surface area contributed by atoms with Gasteiger partial charge in [0.05, 0.1) is 17.8 Å². The Morgan fingerprint density at radius 1 is 1.45 bits per heavy atom. The normalized spacial score (nSPS) is 11.3. The van der Waals surface area contributed by atoms with Crippen LogP contribution >= 0.6 is 23.6 Å². The molecule has 0 amide bonds. The van der Waals surface area contributed by atoms with Gasteiger partial charge in [-0.1, -0.05) is 0 Å². The van der Waals surface area contributed by atoms with Gasteiger partial charge in [0.1, 0.15) is 4.70 Å². The first-order valence-corrected chi connectivity index (χ1v) is 7.47. The molecule has 104 valence electrons. The van der Waals surface area contributed by atoms with Crippen molar-refractivity contribution < 1.29 is 0 Å². The van der Waals surface area contributed by atoms with E-state index in [9.17, 15) is 4.79 Å². The Hall–Kier alpha value is -1.73. The number of nitrogens with one attached hydrogen (secondary N) is 1. The predicted octanol–water partition coefficient (Wildman–Crippen LogP) is 2.52. The number of aryl methyl sites for hydroxylation is 2. The standard InChI is InChI=1S/C13H14N4OS2/c1-7-9(8(2)16(3)15-7)6-17-12(18)11-10(4-5-20-11)14-13(17)19/h4-5H,6H2,1-3H3,(H,14,19). The number of nitrogens with zero attached hydrogens (tertiary/aromatic N) is 3. The molecule has 1 N–H and O–H groups in total. The Labute approximate surface area is 124 Å². The quantitative estimate of drug-likeness (QED) is 0.740. The van der Waals surface area contributed by atoms with Crippen molar-refractivity contribution in [3.05, 3.63) is 43.5 Å². The molecule has 3 aromatic rings. The summed E-state index contributed by atoms with van der Waals surface area (Å²) in [6.45, 7) is 4.40. The number of aromatic amines is 1. The fraction of sp³-hybridized carbons (Fsp3) is 0.308. The molecule has 5 nitrogen and oxygen atoms in total. The lowest BCUT2D eigenvalue weighted by Crippen LogP contribution is -2.22. The summed E-state index contributed by atoms with van der Waals surface area (Å²) in [5.74, 6) is 0. The first-order valence-electron chi connectivity index (χ1n) is 6.18. The number of fused-ring (bicyclic) bond motifs is 1. The Morgan fingerprint density at radius 2 is 2.20 bits per heavy atom. The lowest BCUT2D eigenvalue weighted by atomic mass is 10.2. The highest BCUT2D eigenvalue weighted by Crippen LogP contribution is 2.16. The first kappa shape index (κ1) is 13.3. The van der Waals surface area contributed by atoms with Gasteiger partial charge in [-0.2, -0.15) is 5.10 Å². The Morgan fingerprint density at radius 3 is 2.85 bits per heavy atom. The minimum Gasteiger partial charge on any atom is -0.331 e.